The number of carboxylic acid groups (broad SMARTS) is 1. The fourth-order valence-corrected chi connectivity index (χ4v) is 4.86. The summed E-state index contributed by atoms with van der Waals surface area (Å²) in [5.74, 6) is 0.327. The highest BCUT2D eigenvalue weighted by atomic mass is 16.4. The van der Waals surface area contributed by atoms with Crippen LogP contribution in [0.25, 0.3) is 10.9 Å². The third kappa shape index (κ3) is 3.20. The first-order valence-corrected chi connectivity index (χ1v) is 10.7. The van der Waals surface area contributed by atoms with Crippen LogP contribution in [0.15, 0.2) is 18.3 Å². The van der Waals surface area contributed by atoms with Crippen molar-refractivity contribution >= 4 is 34.6 Å². The lowest BCUT2D eigenvalue weighted by molar-refractivity contribution is -0.120. The molecule has 3 fully saturated rings. The normalized spacial score (nSPS) is 20.7. The van der Waals surface area contributed by atoms with Gasteiger partial charge in [-0.05, 0) is 61.8 Å². The number of carbonyl (C=O) groups excluding carboxylic acids is 2. The van der Waals surface area contributed by atoms with Gasteiger partial charge in [0.25, 0.3) is 0 Å². The first-order valence-electron chi connectivity index (χ1n) is 10.7. The third-order valence-electron chi connectivity index (χ3n) is 6.67. The predicted octanol–water partition coefficient (Wildman–Crippen LogP) is 3.59. The van der Waals surface area contributed by atoms with E-state index in [2.05, 4.69) is 28.2 Å². The average Bonchev–Trinajstić information content (AvgIpc) is 3.49. The second-order valence-corrected chi connectivity index (χ2v) is 8.68. The Bertz CT molecular complexity index is 1050. The van der Waals surface area contributed by atoms with Gasteiger partial charge >= 0.3 is 12.1 Å². The molecule has 0 spiro atoms. The molecule has 2 aromatic rings. The van der Waals surface area contributed by atoms with Crippen LogP contribution < -0.4 is 10.2 Å². The van der Waals surface area contributed by atoms with Crippen LogP contribution >= 0.6 is 0 Å². The molecule has 1 saturated carbocycles. The Morgan fingerprint density at radius 2 is 1.83 bits per heavy atom. The quantitative estimate of drug-likeness (QED) is 0.808. The standard InChI is InChI=1S/C22H26N4O4/c1-13-10-19-16(11-18(13)25-9-6-20(27)23-21(25)28)17(14-2-3-14)12-26(19)15-4-7-24(8-5-15)22(29)30/h10-12,14-15H,2-9H2,1H3,(H,29,30)(H,23,27,28). The Morgan fingerprint density at radius 1 is 1.10 bits per heavy atom. The lowest BCUT2D eigenvalue weighted by Crippen LogP contribution is -2.49. The molecule has 0 atom stereocenters. The van der Waals surface area contributed by atoms with Crippen molar-refractivity contribution in [3.05, 3.63) is 29.5 Å². The van der Waals surface area contributed by atoms with Crippen molar-refractivity contribution in [2.45, 2.75) is 51.0 Å². The number of benzene rings is 1. The summed E-state index contributed by atoms with van der Waals surface area (Å²) in [5, 5.41) is 12.8. The van der Waals surface area contributed by atoms with Crippen LogP contribution in [0.3, 0.4) is 0 Å². The molecule has 5 rings (SSSR count). The molecule has 2 aliphatic heterocycles. The van der Waals surface area contributed by atoms with Gasteiger partial charge in [0.1, 0.15) is 0 Å². The van der Waals surface area contributed by atoms with Crippen molar-refractivity contribution in [2.75, 3.05) is 24.5 Å². The van der Waals surface area contributed by atoms with Crippen molar-refractivity contribution in [1.29, 1.82) is 0 Å². The maximum atomic E-state index is 12.4. The monoisotopic (exact) mass is 410 g/mol. The number of anilines is 1. The molecule has 0 bridgehead atoms. The van der Waals surface area contributed by atoms with E-state index in [9.17, 15) is 19.5 Å². The minimum atomic E-state index is -0.844. The molecule has 1 aliphatic carbocycles. The fraction of sp³-hybridized carbons (Fsp3) is 0.500. The fourth-order valence-electron chi connectivity index (χ4n) is 4.86. The molecule has 158 valence electrons. The summed E-state index contributed by atoms with van der Waals surface area (Å²) < 4.78 is 2.33. The van der Waals surface area contributed by atoms with Gasteiger partial charge in [-0.2, -0.15) is 0 Å². The molecule has 1 aromatic heterocycles. The van der Waals surface area contributed by atoms with Gasteiger partial charge in [-0.3, -0.25) is 15.0 Å². The van der Waals surface area contributed by atoms with E-state index in [1.165, 1.54) is 28.7 Å². The van der Waals surface area contributed by atoms with Crippen LogP contribution in [0, 0.1) is 6.92 Å². The molecule has 2 N–H and O–H groups in total. The van der Waals surface area contributed by atoms with Gasteiger partial charge in [-0.15, -0.1) is 0 Å². The highest BCUT2D eigenvalue weighted by molar-refractivity contribution is 6.07. The van der Waals surface area contributed by atoms with E-state index in [1.807, 2.05) is 6.92 Å². The number of carbonyl (C=O) groups is 3. The SMILES string of the molecule is Cc1cc2c(cc1N1CCC(=O)NC1=O)c(C1CC1)cn2C1CCN(C(=O)O)CC1. The molecule has 2 saturated heterocycles. The first-order chi connectivity index (χ1) is 14.4. The van der Waals surface area contributed by atoms with Gasteiger partial charge in [0.2, 0.25) is 5.91 Å². The molecule has 0 radical (unpaired) electrons. The van der Waals surface area contributed by atoms with E-state index in [4.69, 9.17) is 0 Å². The lowest BCUT2D eigenvalue weighted by Gasteiger charge is -2.31. The molecule has 1 aromatic carbocycles. The van der Waals surface area contributed by atoms with E-state index in [-0.39, 0.29) is 18.0 Å². The number of fused-ring (bicyclic) bond motifs is 1. The first kappa shape index (κ1) is 19.0. The smallest absolute Gasteiger partial charge is 0.407 e. The number of aromatic nitrogens is 1. The summed E-state index contributed by atoms with van der Waals surface area (Å²) in [6, 6.07) is 4.17. The maximum absolute atomic E-state index is 12.4. The zero-order valence-corrected chi connectivity index (χ0v) is 17.1. The van der Waals surface area contributed by atoms with Gasteiger partial charge in [0, 0.05) is 54.9 Å². The van der Waals surface area contributed by atoms with E-state index in [1.54, 1.807) is 4.90 Å². The topological polar surface area (TPSA) is 94.9 Å². The molecule has 0 unspecified atom stereocenters. The van der Waals surface area contributed by atoms with Gasteiger partial charge < -0.3 is 14.6 Å². The predicted molar refractivity (Wildman–Crippen MR) is 112 cm³/mol. The highest BCUT2D eigenvalue weighted by Gasteiger charge is 2.32. The number of hydrogen-bond donors (Lipinski definition) is 2. The molecule has 3 aliphatic rings. The summed E-state index contributed by atoms with van der Waals surface area (Å²) >= 11 is 0. The number of likely N-dealkylation sites (tertiary alicyclic amines) is 1. The zero-order valence-electron chi connectivity index (χ0n) is 17.1. The van der Waals surface area contributed by atoms with Crippen LogP contribution in [0.2, 0.25) is 0 Å². The summed E-state index contributed by atoms with van der Waals surface area (Å²) in [5.41, 5.74) is 4.32. The zero-order chi connectivity index (χ0) is 21.0. The second kappa shape index (κ2) is 7.04. The third-order valence-corrected chi connectivity index (χ3v) is 6.67. The van der Waals surface area contributed by atoms with E-state index >= 15 is 0 Å². The minimum Gasteiger partial charge on any atom is -0.465 e. The molecular weight excluding hydrogens is 384 g/mol. The van der Waals surface area contributed by atoms with Gasteiger partial charge in [-0.1, -0.05) is 0 Å². The number of piperidine rings is 1. The van der Waals surface area contributed by atoms with Crippen molar-refractivity contribution in [2.24, 2.45) is 0 Å². The Labute approximate surface area is 174 Å². The number of nitrogens with zero attached hydrogens (tertiary/aromatic N) is 3. The second-order valence-electron chi connectivity index (χ2n) is 8.68. The van der Waals surface area contributed by atoms with E-state index < -0.39 is 6.09 Å². The van der Waals surface area contributed by atoms with Gasteiger partial charge in [-0.25, -0.2) is 9.59 Å². The van der Waals surface area contributed by atoms with Crippen LogP contribution in [0.5, 0.6) is 0 Å². The lowest BCUT2D eigenvalue weighted by atomic mass is 10.0. The molecular formula is C22H26N4O4. The molecule has 3 heterocycles. The van der Waals surface area contributed by atoms with Gasteiger partial charge in [0.05, 0.1) is 0 Å². The Hall–Kier alpha value is -3.03. The number of urea groups is 1. The summed E-state index contributed by atoms with van der Waals surface area (Å²) in [6.07, 6.45) is 5.68. The van der Waals surface area contributed by atoms with Crippen molar-refractivity contribution in [3.63, 3.8) is 0 Å². The number of hydrogen-bond acceptors (Lipinski definition) is 3. The minimum absolute atomic E-state index is 0.229. The largest absolute Gasteiger partial charge is 0.465 e. The van der Waals surface area contributed by atoms with E-state index in [0.29, 0.717) is 32.0 Å². The van der Waals surface area contributed by atoms with Crippen LogP contribution in [0.4, 0.5) is 15.3 Å². The number of rotatable bonds is 3. The molecule has 4 amide bonds. The molecule has 8 nitrogen and oxygen atoms in total. The summed E-state index contributed by atoms with van der Waals surface area (Å²) in [6.45, 7) is 3.50. The van der Waals surface area contributed by atoms with Crippen LogP contribution in [-0.4, -0.2) is 52.2 Å². The summed E-state index contributed by atoms with van der Waals surface area (Å²) in [4.78, 5) is 38.3. The van der Waals surface area contributed by atoms with Crippen LogP contribution in [0.1, 0.15) is 55.2 Å². The van der Waals surface area contributed by atoms with Crippen molar-refractivity contribution < 1.29 is 19.5 Å². The molecule has 30 heavy (non-hydrogen) atoms. The Morgan fingerprint density at radius 3 is 2.47 bits per heavy atom. The number of nitrogens with one attached hydrogen (secondary N) is 1. The van der Waals surface area contributed by atoms with E-state index in [0.717, 1.165) is 29.6 Å². The van der Waals surface area contributed by atoms with Crippen LogP contribution in [-0.2, 0) is 4.79 Å². The maximum Gasteiger partial charge on any atom is 0.407 e. The van der Waals surface area contributed by atoms with Crippen molar-refractivity contribution in [1.82, 2.24) is 14.8 Å². The molecule has 8 heteroatoms. The highest BCUT2D eigenvalue weighted by Crippen LogP contribution is 2.46. The number of amides is 4. The average molecular weight is 410 g/mol. The van der Waals surface area contributed by atoms with Crippen molar-refractivity contribution in [3.8, 4) is 0 Å². The number of imide groups is 1. The Kier molecular flexibility index (Phi) is 4.45. The summed E-state index contributed by atoms with van der Waals surface area (Å²) in [7, 11) is 0. The number of aryl methyl sites for hydroxylation is 1. The van der Waals surface area contributed by atoms with Gasteiger partial charge in [0.15, 0.2) is 0 Å². The Balaban J connectivity index is 1.53.